The van der Waals surface area contributed by atoms with Crippen molar-refractivity contribution in [1.29, 1.82) is 0 Å². The van der Waals surface area contributed by atoms with Gasteiger partial charge in [-0.2, -0.15) is 5.10 Å². The molecule has 3 N–H and O–H groups in total. The van der Waals surface area contributed by atoms with Gasteiger partial charge in [-0.05, 0) is 63.5 Å². The number of likely N-dealkylation sites (tertiary alicyclic amines) is 1. The molecule has 1 atom stereocenters. The molecular formula is C25H32N6O. The third-order valence-corrected chi connectivity index (χ3v) is 7.68. The molecular weight excluding hydrogens is 400 g/mol. The van der Waals surface area contributed by atoms with Gasteiger partial charge in [-0.15, -0.1) is 0 Å². The monoisotopic (exact) mass is 432 g/mol. The minimum absolute atomic E-state index is 0.0596. The van der Waals surface area contributed by atoms with Crippen molar-refractivity contribution in [2.24, 2.45) is 4.99 Å². The van der Waals surface area contributed by atoms with Gasteiger partial charge in [-0.1, -0.05) is 25.0 Å². The molecule has 1 aromatic carbocycles. The predicted octanol–water partition coefficient (Wildman–Crippen LogP) is 4.14. The zero-order valence-corrected chi connectivity index (χ0v) is 18.6. The summed E-state index contributed by atoms with van der Waals surface area (Å²) in [6.07, 6.45) is 11.0. The molecule has 1 unspecified atom stereocenters. The molecule has 3 heterocycles. The standard InChI is InChI=1S/C25H32N6O/c32-23(22-18-10-3-4-11-19(18)29-30-22)31-15-7-14-25(16-31)24(26-17-8-1-2-9-17)27-20-12-5-6-13-21(20)28-25/h5-6,12-13,17,28H,1-4,7-11,14-16H2,(H,26,27)(H,29,30). The first-order chi connectivity index (χ1) is 15.7. The smallest absolute Gasteiger partial charge is 0.274 e. The molecule has 0 radical (unpaired) electrons. The van der Waals surface area contributed by atoms with E-state index >= 15 is 0 Å². The van der Waals surface area contributed by atoms with E-state index in [1.165, 1.54) is 19.3 Å². The van der Waals surface area contributed by atoms with E-state index in [2.05, 4.69) is 45.1 Å². The average Bonchev–Trinajstić information content (AvgIpc) is 3.49. The lowest BCUT2D eigenvalue weighted by Crippen LogP contribution is -2.62. The summed E-state index contributed by atoms with van der Waals surface area (Å²) < 4.78 is 0. The van der Waals surface area contributed by atoms with Crippen LogP contribution in [0.4, 0.5) is 11.4 Å². The number of piperidine rings is 1. The van der Waals surface area contributed by atoms with E-state index < -0.39 is 0 Å². The number of carbonyl (C=O) groups excluding carboxylic acids is 1. The van der Waals surface area contributed by atoms with Crippen molar-refractivity contribution in [2.75, 3.05) is 23.7 Å². The van der Waals surface area contributed by atoms with E-state index in [1.807, 2.05) is 4.90 Å². The molecule has 4 aliphatic rings. The average molecular weight is 433 g/mol. The van der Waals surface area contributed by atoms with Gasteiger partial charge in [0.2, 0.25) is 0 Å². The lowest BCUT2D eigenvalue weighted by atomic mass is 9.84. The van der Waals surface area contributed by atoms with Crippen LogP contribution < -0.4 is 10.6 Å². The summed E-state index contributed by atoms with van der Waals surface area (Å²) in [6.45, 7) is 1.38. The van der Waals surface area contributed by atoms with Gasteiger partial charge in [0.1, 0.15) is 11.4 Å². The van der Waals surface area contributed by atoms with Crippen molar-refractivity contribution in [3.63, 3.8) is 0 Å². The van der Waals surface area contributed by atoms with Crippen molar-refractivity contribution in [1.82, 2.24) is 15.1 Å². The van der Waals surface area contributed by atoms with E-state index in [4.69, 9.17) is 4.99 Å². The fourth-order valence-corrected chi connectivity index (χ4v) is 5.97. The summed E-state index contributed by atoms with van der Waals surface area (Å²) in [5.41, 5.74) is 4.71. The molecule has 2 fully saturated rings. The number of aromatic amines is 1. The number of hydrogen-bond donors (Lipinski definition) is 3. The maximum absolute atomic E-state index is 13.6. The van der Waals surface area contributed by atoms with Crippen molar-refractivity contribution < 1.29 is 4.79 Å². The number of aromatic nitrogens is 2. The van der Waals surface area contributed by atoms with Gasteiger partial charge >= 0.3 is 0 Å². The molecule has 7 nitrogen and oxygen atoms in total. The Bertz CT molecular complexity index is 1050. The van der Waals surface area contributed by atoms with Crippen molar-refractivity contribution in [2.45, 2.75) is 75.8 Å². The van der Waals surface area contributed by atoms with Crippen LogP contribution >= 0.6 is 0 Å². The van der Waals surface area contributed by atoms with Crippen LogP contribution in [0.2, 0.25) is 0 Å². The van der Waals surface area contributed by atoms with Crippen LogP contribution in [0.25, 0.3) is 0 Å². The number of aliphatic imine (C=N–C) groups is 1. The van der Waals surface area contributed by atoms with E-state index in [9.17, 15) is 4.79 Å². The fourth-order valence-electron chi connectivity index (χ4n) is 5.97. The molecule has 1 amide bonds. The second-order valence-electron chi connectivity index (χ2n) is 9.86. The quantitative estimate of drug-likeness (QED) is 0.666. The molecule has 0 bridgehead atoms. The summed E-state index contributed by atoms with van der Waals surface area (Å²) in [5.74, 6) is 1.06. The number of anilines is 2. The van der Waals surface area contributed by atoms with Crippen LogP contribution in [0.5, 0.6) is 0 Å². The Kier molecular flexibility index (Phi) is 4.92. The van der Waals surface area contributed by atoms with Crippen LogP contribution in [0.1, 0.15) is 73.1 Å². The summed E-state index contributed by atoms with van der Waals surface area (Å²) in [6, 6.07) is 8.70. The zero-order chi connectivity index (χ0) is 21.5. The highest BCUT2D eigenvalue weighted by Gasteiger charge is 2.45. The lowest BCUT2D eigenvalue weighted by Gasteiger charge is -2.47. The molecule has 1 spiro atoms. The maximum Gasteiger partial charge on any atom is 0.274 e. The van der Waals surface area contributed by atoms with E-state index in [1.54, 1.807) is 0 Å². The topological polar surface area (TPSA) is 85.4 Å². The van der Waals surface area contributed by atoms with Gasteiger partial charge < -0.3 is 15.5 Å². The second-order valence-corrected chi connectivity index (χ2v) is 9.86. The number of carbonyl (C=O) groups is 1. The Morgan fingerprint density at radius 3 is 2.75 bits per heavy atom. The highest BCUT2D eigenvalue weighted by molar-refractivity contribution is 6.10. The van der Waals surface area contributed by atoms with E-state index in [0.717, 1.165) is 80.0 Å². The van der Waals surface area contributed by atoms with Gasteiger partial charge in [0.15, 0.2) is 5.69 Å². The largest absolute Gasteiger partial charge is 0.370 e. The number of amides is 1. The van der Waals surface area contributed by atoms with Crippen LogP contribution in [-0.4, -0.2) is 51.5 Å². The van der Waals surface area contributed by atoms with Crippen LogP contribution in [0, 0.1) is 0 Å². The Labute approximate surface area is 189 Å². The predicted molar refractivity (Wildman–Crippen MR) is 126 cm³/mol. The summed E-state index contributed by atoms with van der Waals surface area (Å²) in [7, 11) is 0. The number of H-pyrrole nitrogens is 1. The summed E-state index contributed by atoms with van der Waals surface area (Å²) in [4.78, 5) is 20.8. The highest BCUT2D eigenvalue weighted by atomic mass is 16.2. The normalized spacial score (nSPS) is 26.5. The molecule has 1 saturated heterocycles. The highest BCUT2D eigenvalue weighted by Crippen LogP contribution is 2.37. The first kappa shape index (κ1) is 19.8. The second kappa shape index (κ2) is 7.94. The molecule has 32 heavy (non-hydrogen) atoms. The number of hydrogen-bond acceptors (Lipinski definition) is 4. The number of rotatable bonds is 2. The Morgan fingerprint density at radius 1 is 1.06 bits per heavy atom. The van der Waals surface area contributed by atoms with Crippen LogP contribution in [-0.2, 0) is 12.8 Å². The number of nitrogens with zero attached hydrogens (tertiary/aromatic N) is 3. The molecule has 1 aromatic heterocycles. The van der Waals surface area contributed by atoms with Gasteiger partial charge in [0.25, 0.3) is 5.91 Å². The van der Waals surface area contributed by atoms with Gasteiger partial charge in [0.05, 0.1) is 24.0 Å². The van der Waals surface area contributed by atoms with Crippen LogP contribution in [0.15, 0.2) is 29.3 Å². The number of aryl methyl sites for hydroxylation is 1. The molecule has 2 aliphatic heterocycles. The number of benzene rings is 1. The third kappa shape index (κ3) is 3.38. The molecule has 2 aromatic rings. The zero-order valence-electron chi connectivity index (χ0n) is 18.6. The van der Waals surface area contributed by atoms with E-state index in [0.29, 0.717) is 18.3 Å². The maximum atomic E-state index is 13.6. The number of para-hydroxylation sites is 2. The minimum atomic E-state index is -0.374. The number of fused-ring (bicyclic) bond motifs is 2. The van der Waals surface area contributed by atoms with Crippen molar-refractivity contribution >= 4 is 23.1 Å². The van der Waals surface area contributed by atoms with Gasteiger partial charge in [-0.25, -0.2) is 0 Å². The SMILES string of the molecule is O=C(c1n[nH]c2c1CCCC2)N1CCCC2(C1)Nc1ccccc1NC2=NC1CCCC1. The first-order valence-corrected chi connectivity index (χ1v) is 12.3. The minimum Gasteiger partial charge on any atom is -0.370 e. The fraction of sp³-hybridized carbons (Fsp3) is 0.560. The number of nitrogens with one attached hydrogen (secondary N) is 3. The molecule has 168 valence electrons. The number of amidine groups is 1. The van der Waals surface area contributed by atoms with Crippen molar-refractivity contribution in [3.8, 4) is 0 Å². The van der Waals surface area contributed by atoms with Gasteiger partial charge in [0, 0.05) is 17.8 Å². The molecule has 6 rings (SSSR count). The summed E-state index contributed by atoms with van der Waals surface area (Å²) in [5, 5.41) is 15.1. The Morgan fingerprint density at radius 2 is 1.88 bits per heavy atom. The Balaban J connectivity index is 1.33. The first-order valence-electron chi connectivity index (χ1n) is 12.3. The molecule has 2 aliphatic carbocycles. The van der Waals surface area contributed by atoms with Crippen LogP contribution in [0.3, 0.4) is 0 Å². The Hall–Kier alpha value is -2.83. The third-order valence-electron chi connectivity index (χ3n) is 7.68. The lowest BCUT2D eigenvalue weighted by molar-refractivity contribution is 0.0687. The van der Waals surface area contributed by atoms with E-state index in [-0.39, 0.29) is 11.4 Å². The molecule has 1 saturated carbocycles. The van der Waals surface area contributed by atoms with Gasteiger partial charge in [-0.3, -0.25) is 14.9 Å². The summed E-state index contributed by atoms with van der Waals surface area (Å²) >= 11 is 0. The van der Waals surface area contributed by atoms with Crippen molar-refractivity contribution in [3.05, 3.63) is 41.2 Å². The molecule has 7 heteroatoms.